The number of carbonyl (C=O) groups is 1. The van der Waals surface area contributed by atoms with Gasteiger partial charge in [0.05, 0.1) is 25.3 Å². The van der Waals surface area contributed by atoms with E-state index < -0.39 is 0 Å². The van der Waals surface area contributed by atoms with E-state index in [1.807, 2.05) is 41.3 Å². The largest absolute Gasteiger partial charge is 0.497 e. The summed E-state index contributed by atoms with van der Waals surface area (Å²) in [7, 11) is 3.83. The van der Waals surface area contributed by atoms with Gasteiger partial charge in [0.25, 0.3) is 0 Å². The summed E-state index contributed by atoms with van der Waals surface area (Å²) in [4.78, 5) is 17.5. The highest BCUT2D eigenvalue weighted by molar-refractivity contribution is 5.90. The number of nitrogens with zero attached hydrogens (tertiary/aromatic N) is 3. The number of aromatic nitrogens is 1. The molecule has 1 saturated heterocycles. The summed E-state index contributed by atoms with van der Waals surface area (Å²) in [5, 5.41) is 14.9. The summed E-state index contributed by atoms with van der Waals surface area (Å²) in [5.41, 5.74) is 4.53. The quantitative estimate of drug-likeness (QED) is 0.554. The second-order valence-electron chi connectivity index (χ2n) is 10.8. The Bertz CT molecular complexity index is 1260. The summed E-state index contributed by atoms with van der Waals surface area (Å²) >= 11 is 0. The van der Waals surface area contributed by atoms with Crippen LogP contribution in [0.15, 0.2) is 48.5 Å². The van der Waals surface area contributed by atoms with Gasteiger partial charge in [0.2, 0.25) is 0 Å². The van der Waals surface area contributed by atoms with E-state index in [2.05, 4.69) is 34.0 Å². The van der Waals surface area contributed by atoms with Crippen LogP contribution in [0.4, 0.5) is 10.5 Å². The second-order valence-corrected chi connectivity index (χ2v) is 10.8. The van der Waals surface area contributed by atoms with Gasteiger partial charge < -0.3 is 24.6 Å². The first-order valence-corrected chi connectivity index (χ1v) is 13.2. The van der Waals surface area contributed by atoms with E-state index in [1.165, 1.54) is 29.5 Å². The summed E-state index contributed by atoms with van der Waals surface area (Å²) < 4.78 is 7.83. The molecule has 190 valence electrons. The average Bonchev–Trinajstić information content (AvgIpc) is 3.67. The molecule has 1 saturated carbocycles. The molecule has 1 atom stereocenters. The lowest BCUT2D eigenvalue weighted by molar-refractivity contribution is 0.0498. The van der Waals surface area contributed by atoms with E-state index >= 15 is 0 Å². The van der Waals surface area contributed by atoms with Gasteiger partial charge >= 0.3 is 6.03 Å². The zero-order chi connectivity index (χ0) is 24.9. The van der Waals surface area contributed by atoms with Crippen molar-refractivity contribution in [3.8, 4) is 5.75 Å². The minimum Gasteiger partial charge on any atom is -0.497 e. The first-order chi connectivity index (χ1) is 17.5. The molecule has 0 bridgehead atoms. The Morgan fingerprint density at radius 3 is 2.56 bits per heavy atom. The van der Waals surface area contributed by atoms with Gasteiger partial charge in [-0.3, -0.25) is 4.90 Å². The summed E-state index contributed by atoms with van der Waals surface area (Å²) in [6.45, 7) is 3.51. The number of hydrogen-bond donors (Lipinski definition) is 2. The maximum atomic E-state index is 13.0. The van der Waals surface area contributed by atoms with E-state index in [4.69, 9.17) is 4.74 Å². The summed E-state index contributed by atoms with van der Waals surface area (Å²) in [5.74, 6) is 1.58. The summed E-state index contributed by atoms with van der Waals surface area (Å²) in [6, 6.07) is 16.0. The van der Waals surface area contributed by atoms with Crippen molar-refractivity contribution in [1.82, 2.24) is 14.4 Å². The molecule has 0 radical (unpaired) electrons. The number of anilines is 1. The number of aryl methyl sites for hydroxylation is 1. The Balaban J connectivity index is 1.36. The number of ether oxygens (including phenoxy) is 1. The normalized spacial score (nSPS) is 21.5. The summed E-state index contributed by atoms with van der Waals surface area (Å²) in [6.07, 6.45) is 4.39. The number of rotatable bonds is 5. The number of amides is 2. The molecule has 1 aromatic heterocycles. The van der Waals surface area contributed by atoms with E-state index in [9.17, 15) is 9.90 Å². The van der Waals surface area contributed by atoms with Gasteiger partial charge in [-0.15, -0.1) is 0 Å². The number of para-hydroxylation sites is 1. The molecule has 1 aliphatic carbocycles. The SMILES string of the molecule is COc1ccc2c3c(n(C)c2c1)[C@H](CO)N(CC1CC1)CC31CCN(C(=O)Nc2ccccc2)CC1. The molecule has 7 heteroatoms. The first-order valence-electron chi connectivity index (χ1n) is 13.2. The fourth-order valence-corrected chi connectivity index (χ4v) is 6.56. The van der Waals surface area contributed by atoms with Crippen LogP contribution in [0.5, 0.6) is 5.75 Å². The number of likely N-dealkylation sites (tertiary alicyclic amines) is 1. The Morgan fingerprint density at radius 1 is 1.14 bits per heavy atom. The lowest BCUT2D eigenvalue weighted by Crippen LogP contribution is -2.55. The van der Waals surface area contributed by atoms with Crippen LogP contribution in [0.1, 0.15) is 43.0 Å². The number of methoxy groups -OCH3 is 1. The minimum absolute atomic E-state index is 0.00553. The third kappa shape index (κ3) is 3.95. The molecule has 2 aliphatic heterocycles. The molecule has 6 rings (SSSR count). The van der Waals surface area contributed by atoms with Crippen LogP contribution in [0, 0.1) is 5.92 Å². The predicted molar refractivity (Wildman–Crippen MR) is 142 cm³/mol. The van der Waals surface area contributed by atoms with Crippen molar-refractivity contribution in [3.63, 3.8) is 0 Å². The fraction of sp³-hybridized carbons (Fsp3) is 0.483. The van der Waals surface area contributed by atoms with Gasteiger partial charge in [0.1, 0.15) is 5.75 Å². The zero-order valence-electron chi connectivity index (χ0n) is 21.2. The molecule has 3 heterocycles. The lowest BCUT2D eigenvalue weighted by Gasteiger charge is -2.50. The van der Waals surface area contributed by atoms with Gasteiger partial charge in [-0.2, -0.15) is 0 Å². The Hall–Kier alpha value is -3.03. The monoisotopic (exact) mass is 488 g/mol. The third-order valence-corrected chi connectivity index (χ3v) is 8.64. The van der Waals surface area contributed by atoms with Crippen molar-refractivity contribution in [1.29, 1.82) is 0 Å². The van der Waals surface area contributed by atoms with E-state index in [0.717, 1.165) is 48.8 Å². The smallest absolute Gasteiger partial charge is 0.321 e. The van der Waals surface area contributed by atoms with E-state index in [-0.39, 0.29) is 24.1 Å². The molecule has 36 heavy (non-hydrogen) atoms. The number of urea groups is 1. The number of benzene rings is 2. The topological polar surface area (TPSA) is 70.0 Å². The van der Waals surface area contributed by atoms with Gasteiger partial charge in [0, 0.05) is 61.5 Å². The second kappa shape index (κ2) is 9.12. The van der Waals surface area contributed by atoms with Crippen LogP contribution in [-0.2, 0) is 12.5 Å². The van der Waals surface area contributed by atoms with Gasteiger partial charge in [-0.05, 0) is 61.4 Å². The molecule has 2 amide bonds. The fourth-order valence-electron chi connectivity index (χ4n) is 6.56. The molecule has 2 fully saturated rings. The Kier molecular flexibility index (Phi) is 5.92. The number of aliphatic hydroxyl groups excluding tert-OH is 1. The van der Waals surface area contributed by atoms with Crippen molar-refractivity contribution in [3.05, 3.63) is 59.8 Å². The standard InChI is InChI=1S/C29H36N4O3/c1-31-24-16-22(36-2)10-11-23(24)26-27(31)25(18-34)33(17-20-8-9-20)19-29(26)12-14-32(15-13-29)28(35)30-21-6-4-3-5-7-21/h3-7,10-11,16,20,25,34H,8-9,12-15,17-19H2,1-2H3,(H,30,35)/t25-/m0/s1. The number of piperidine rings is 1. The lowest BCUT2D eigenvalue weighted by atomic mass is 9.68. The number of carbonyl (C=O) groups excluding carboxylic acids is 1. The van der Waals surface area contributed by atoms with Crippen molar-refractivity contribution < 1.29 is 14.6 Å². The average molecular weight is 489 g/mol. The molecule has 2 N–H and O–H groups in total. The highest BCUT2D eigenvalue weighted by atomic mass is 16.5. The van der Waals surface area contributed by atoms with Crippen LogP contribution in [0.2, 0.25) is 0 Å². The number of hydrogen-bond acceptors (Lipinski definition) is 4. The third-order valence-electron chi connectivity index (χ3n) is 8.64. The van der Waals surface area contributed by atoms with Gasteiger partial charge in [0.15, 0.2) is 0 Å². The number of fused-ring (bicyclic) bond motifs is 4. The highest BCUT2D eigenvalue weighted by Gasteiger charge is 2.49. The molecule has 7 nitrogen and oxygen atoms in total. The first kappa shape index (κ1) is 23.4. The van der Waals surface area contributed by atoms with Crippen LogP contribution >= 0.6 is 0 Å². The van der Waals surface area contributed by atoms with Crippen molar-refractivity contribution >= 4 is 22.6 Å². The van der Waals surface area contributed by atoms with Crippen molar-refractivity contribution in [2.75, 3.05) is 45.2 Å². The molecular weight excluding hydrogens is 452 g/mol. The Labute approximate surface area is 212 Å². The van der Waals surface area contributed by atoms with E-state index in [1.54, 1.807) is 7.11 Å². The zero-order valence-corrected chi connectivity index (χ0v) is 21.2. The molecule has 1 spiro atoms. The van der Waals surface area contributed by atoms with Crippen molar-refractivity contribution in [2.45, 2.75) is 37.1 Å². The van der Waals surface area contributed by atoms with Crippen molar-refractivity contribution in [2.24, 2.45) is 13.0 Å². The van der Waals surface area contributed by atoms with Crippen LogP contribution in [0.25, 0.3) is 10.9 Å². The highest BCUT2D eigenvalue weighted by Crippen LogP contribution is 2.51. The number of nitrogens with one attached hydrogen (secondary N) is 1. The van der Waals surface area contributed by atoms with Gasteiger partial charge in [-0.25, -0.2) is 4.79 Å². The molecule has 2 aromatic carbocycles. The Morgan fingerprint density at radius 2 is 1.89 bits per heavy atom. The molecular formula is C29H36N4O3. The molecule has 0 unspecified atom stereocenters. The van der Waals surface area contributed by atoms with E-state index in [0.29, 0.717) is 13.1 Å². The van der Waals surface area contributed by atoms with Crippen LogP contribution in [-0.4, -0.2) is 65.4 Å². The van der Waals surface area contributed by atoms with Gasteiger partial charge in [-0.1, -0.05) is 18.2 Å². The predicted octanol–water partition coefficient (Wildman–Crippen LogP) is 4.51. The van der Waals surface area contributed by atoms with Crippen LogP contribution < -0.4 is 10.1 Å². The minimum atomic E-state index is -0.0481. The molecule has 3 aliphatic rings. The maximum absolute atomic E-state index is 13.0. The maximum Gasteiger partial charge on any atom is 0.321 e. The van der Waals surface area contributed by atoms with Crippen LogP contribution in [0.3, 0.4) is 0 Å². The number of aliphatic hydroxyl groups is 1. The molecule has 3 aromatic rings.